The standard InChI is InChI=1S/C9H11FO2S/c1-7(11)6-13(12)9-4-2-8(10)3-5-9/h2-5,7,11H,6H2,1H3. The average molecular weight is 202 g/mol. The summed E-state index contributed by atoms with van der Waals surface area (Å²) in [5, 5.41) is 8.97. The number of rotatable bonds is 3. The average Bonchev–Trinajstić information content (AvgIpc) is 2.04. The first kappa shape index (κ1) is 10.3. The van der Waals surface area contributed by atoms with E-state index in [1.165, 1.54) is 24.3 Å². The van der Waals surface area contributed by atoms with Crippen molar-refractivity contribution >= 4 is 10.8 Å². The molecule has 0 aliphatic rings. The summed E-state index contributed by atoms with van der Waals surface area (Å²) >= 11 is 0. The maximum Gasteiger partial charge on any atom is 0.123 e. The van der Waals surface area contributed by atoms with Crippen molar-refractivity contribution < 1.29 is 13.7 Å². The number of halogens is 1. The van der Waals surface area contributed by atoms with Gasteiger partial charge in [0.05, 0.1) is 22.7 Å². The molecule has 2 atom stereocenters. The van der Waals surface area contributed by atoms with Crippen molar-refractivity contribution in [1.82, 2.24) is 0 Å². The molecular formula is C9H11FO2S. The van der Waals surface area contributed by atoms with E-state index in [1.54, 1.807) is 6.92 Å². The van der Waals surface area contributed by atoms with Crippen LogP contribution in [0.15, 0.2) is 29.2 Å². The normalized spacial score (nSPS) is 15.3. The molecule has 4 heteroatoms. The number of hydrogen-bond acceptors (Lipinski definition) is 2. The van der Waals surface area contributed by atoms with Crippen LogP contribution in [0.5, 0.6) is 0 Å². The molecule has 1 aromatic rings. The second-order valence-corrected chi connectivity index (χ2v) is 4.31. The lowest BCUT2D eigenvalue weighted by Crippen LogP contribution is -2.12. The molecule has 1 rings (SSSR count). The van der Waals surface area contributed by atoms with Gasteiger partial charge in [-0.2, -0.15) is 0 Å². The van der Waals surface area contributed by atoms with Gasteiger partial charge in [-0.05, 0) is 31.2 Å². The van der Waals surface area contributed by atoms with Crippen molar-refractivity contribution in [2.75, 3.05) is 5.75 Å². The van der Waals surface area contributed by atoms with Gasteiger partial charge in [-0.25, -0.2) is 4.39 Å². The molecule has 0 spiro atoms. The highest BCUT2D eigenvalue weighted by molar-refractivity contribution is 7.85. The Morgan fingerprint density at radius 2 is 2.00 bits per heavy atom. The molecule has 0 fully saturated rings. The predicted octanol–water partition coefficient (Wildman–Crippen LogP) is 1.31. The van der Waals surface area contributed by atoms with Crippen LogP contribution < -0.4 is 0 Å². The summed E-state index contributed by atoms with van der Waals surface area (Å²) in [6, 6.07) is 5.45. The molecule has 0 heterocycles. The summed E-state index contributed by atoms with van der Waals surface area (Å²) in [4.78, 5) is 0.544. The molecule has 0 saturated carbocycles. The van der Waals surface area contributed by atoms with E-state index < -0.39 is 16.9 Å². The fraction of sp³-hybridized carbons (Fsp3) is 0.333. The third-order valence-electron chi connectivity index (χ3n) is 1.47. The predicted molar refractivity (Wildman–Crippen MR) is 49.4 cm³/mol. The largest absolute Gasteiger partial charge is 0.392 e. The first-order chi connectivity index (χ1) is 6.09. The lowest BCUT2D eigenvalue weighted by molar-refractivity contribution is 0.219. The van der Waals surface area contributed by atoms with Gasteiger partial charge in [-0.3, -0.25) is 4.21 Å². The lowest BCUT2D eigenvalue weighted by atomic mass is 10.4. The first-order valence-electron chi connectivity index (χ1n) is 3.91. The Labute approximate surface area is 78.9 Å². The van der Waals surface area contributed by atoms with Crippen LogP contribution in [0, 0.1) is 5.82 Å². The zero-order chi connectivity index (χ0) is 9.84. The van der Waals surface area contributed by atoms with Crippen LogP contribution in [-0.4, -0.2) is 21.2 Å². The molecule has 13 heavy (non-hydrogen) atoms. The zero-order valence-electron chi connectivity index (χ0n) is 7.24. The molecule has 0 aromatic heterocycles. The van der Waals surface area contributed by atoms with Gasteiger partial charge in [-0.1, -0.05) is 0 Å². The maximum absolute atomic E-state index is 12.5. The van der Waals surface area contributed by atoms with Crippen LogP contribution in [0.1, 0.15) is 6.92 Å². The lowest BCUT2D eigenvalue weighted by Gasteiger charge is -2.03. The topological polar surface area (TPSA) is 37.3 Å². The zero-order valence-corrected chi connectivity index (χ0v) is 8.05. The Hall–Kier alpha value is -0.740. The quantitative estimate of drug-likeness (QED) is 0.802. The van der Waals surface area contributed by atoms with Crippen molar-refractivity contribution in [3.05, 3.63) is 30.1 Å². The third-order valence-corrected chi connectivity index (χ3v) is 3.05. The van der Waals surface area contributed by atoms with Crippen LogP contribution in [-0.2, 0) is 10.8 Å². The minimum atomic E-state index is -1.24. The molecule has 0 amide bonds. The Bertz CT molecular complexity index is 295. The second kappa shape index (κ2) is 4.48. The van der Waals surface area contributed by atoms with E-state index in [0.29, 0.717) is 4.90 Å². The van der Waals surface area contributed by atoms with Crippen LogP contribution in [0.25, 0.3) is 0 Å². The SMILES string of the molecule is CC(O)CS(=O)c1ccc(F)cc1. The molecule has 1 aromatic carbocycles. The summed E-state index contributed by atoms with van der Waals surface area (Å²) in [5.74, 6) is -0.163. The Morgan fingerprint density at radius 1 is 1.46 bits per heavy atom. The van der Waals surface area contributed by atoms with Crippen molar-refractivity contribution in [3.8, 4) is 0 Å². The van der Waals surface area contributed by atoms with Crippen LogP contribution in [0.2, 0.25) is 0 Å². The fourth-order valence-corrected chi connectivity index (χ4v) is 1.97. The first-order valence-corrected chi connectivity index (χ1v) is 5.23. The minimum absolute atomic E-state index is 0.186. The smallest absolute Gasteiger partial charge is 0.123 e. The van der Waals surface area contributed by atoms with Gasteiger partial charge in [0.2, 0.25) is 0 Å². The van der Waals surface area contributed by atoms with Gasteiger partial charge in [0, 0.05) is 4.90 Å². The van der Waals surface area contributed by atoms with E-state index >= 15 is 0 Å². The summed E-state index contributed by atoms with van der Waals surface area (Å²) in [5.41, 5.74) is 0. The van der Waals surface area contributed by atoms with Gasteiger partial charge < -0.3 is 5.11 Å². The van der Waals surface area contributed by atoms with E-state index in [4.69, 9.17) is 5.11 Å². The molecule has 2 nitrogen and oxygen atoms in total. The minimum Gasteiger partial charge on any atom is -0.392 e. The third kappa shape index (κ3) is 3.24. The molecular weight excluding hydrogens is 191 g/mol. The van der Waals surface area contributed by atoms with Crippen molar-refractivity contribution in [3.63, 3.8) is 0 Å². The molecule has 1 N–H and O–H groups in total. The van der Waals surface area contributed by atoms with Gasteiger partial charge in [0.1, 0.15) is 5.82 Å². The molecule has 72 valence electrons. The van der Waals surface area contributed by atoms with Crippen molar-refractivity contribution in [2.45, 2.75) is 17.9 Å². The maximum atomic E-state index is 12.5. The molecule has 0 bridgehead atoms. The van der Waals surface area contributed by atoms with Gasteiger partial charge in [0.15, 0.2) is 0 Å². The number of aliphatic hydroxyl groups is 1. The monoisotopic (exact) mass is 202 g/mol. The summed E-state index contributed by atoms with van der Waals surface area (Å²) in [6.07, 6.45) is -0.606. The fourth-order valence-electron chi connectivity index (χ4n) is 0.902. The Kier molecular flexibility index (Phi) is 3.57. The highest BCUT2D eigenvalue weighted by atomic mass is 32.2. The second-order valence-electron chi connectivity index (χ2n) is 2.82. The molecule has 0 saturated heterocycles. The van der Waals surface area contributed by atoms with Gasteiger partial charge in [-0.15, -0.1) is 0 Å². The molecule has 0 aliphatic heterocycles. The van der Waals surface area contributed by atoms with E-state index in [-0.39, 0.29) is 11.6 Å². The van der Waals surface area contributed by atoms with Crippen LogP contribution in [0.3, 0.4) is 0 Å². The summed E-state index contributed by atoms with van der Waals surface area (Å²) in [7, 11) is -1.24. The number of benzene rings is 1. The van der Waals surface area contributed by atoms with Crippen LogP contribution >= 0.6 is 0 Å². The molecule has 0 aliphatic carbocycles. The van der Waals surface area contributed by atoms with E-state index in [2.05, 4.69) is 0 Å². The van der Waals surface area contributed by atoms with E-state index in [0.717, 1.165) is 0 Å². The Morgan fingerprint density at radius 3 is 2.46 bits per heavy atom. The molecule has 2 unspecified atom stereocenters. The highest BCUT2D eigenvalue weighted by Gasteiger charge is 2.06. The van der Waals surface area contributed by atoms with Crippen LogP contribution in [0.4, 0.5) is 4.39 Å². The van der Waals surface area contributed by atoms with Gasteiger partial charge in [0.25, 0.3) is 0 Å². The van der Waals surface area contributed by atoms with E-state index in [1.807, 2.05) is 0 Å². The number of hydrogen-bond donors (Lipinski definition) is 1. The molecule has 0 radical (unpaired) electrons. The number of aliphatic hydroxyl groups excluding tert-OH is 1. The van der Waals surface area contributed by atoms with E-state index in [9.17, 15) is 8.60 Å². The van der Waals surface area contributed by atoms with Gasteiger partial charge >= 0.3 is 0 Å². The summed E-state index contributed by atoms with van der Waals surface area (Å²) < 4.78 is 23.9. The van der Waals surface area contributed by atoms with Crippen molar-refractivity contribution in [2.24, 2.45) is 0 Å². The summed E-state index contributed by atoms with van der Waals surface area (Å²) in [6.45, 7) is 1.57. The van der Waals surface area contributed by atoms with Crippen molar-refractivity contribution in [1.29, 1.82) is 0 Å². The highest BCUT2D eigenvalue weighted by Crippen LogP contribution is 2.08. The Balaban J connectivity index is 2.72.